The van der Waals surface area contributed by atoms with Crippen LogP contribution < -0.4 is 10.0 Å². The molecule has 2 N–H and O–H groups in total. The van der Waals surface area contributed by atoms with Crippen molar-refractivity contribution in [3.8, 4) is 0 Å². The van der Waals surface area contributed by atoms with Gasteiger partial charge in [-0.25, -0.2) is 13.1 Å². The third-order valence-corrected chi connectivity index (χ3v) is 6.64. The van der Waals surface area contributed by atoms with Gasteiger partial charge in [0.15, 0.2) is 0 Å². The lowest BCUT2D eigenvalue weighted by Crippen LogP contribution is -2.30. The van der Waals surface area contributed by atoms with E-state index in [0.29, 0.717) is 5.56 Å². The van der Waals surface area contributed by atoms with Crippen molar-refractivity contribution in [3.05, 3.63) is 101 Å². The van der Waals surface area contributed by atoms with E-state index in [9.17, 15) is 13.2 Å². The lowest BCUT2D eigenvalue weighted by molar-refractivity contribution is 0.0942. The first-order valence-corrected chi connectivity index (χ1v) is 11.5. The number of aryl methyl sites for hydroxylation is 1. The van der Waals surface area contributed by atoms with E-state index >= 15 is 0 Å². The second kappa shape index (κ2) is 8.42. The van der Waals surface area contributed by atoms with E-state index in [1.165, 1.54) is 12.1 Å². The van der Waals surface area contributed by atoms with E-state index in [1.54, 1.807) is 12.1 Å². The zero-order valence-electron chi connectivity index (χ0n) is 16.7. The smallest absolute Gasteiger partial charge is 0.252 e. The van der Waals surface area contributed by atoms with Crippen molar-refractivity contribution >= 4 is 15.9 Å². The fraction of sp³-hybridized carbons (Fsp3) is 0.208. The van der Waals surface area contributed by atoms with Crippen LogP contribution in [0.3, 0.4) is 0 Å². The summed E-state index contributed by atoms with van der Waals surface area (Å²) in [4.78, 5) is 13.2. The van der Waals surface area contributed by atoms with Crippen LogP contribution in [0.4, 0.5) is 0 Å². The zero-order valence-corrected chi connectivity index (χ0v) is 17.5. The molecule has 1 unspecified atom stereocenters. The fourth-order valence-electron chi connectivity index (χ4n) is 3.27. The molecule has 0 aromatic heterocycles. The molecule has 1 aliphatic carbocycles. The summed E-state index contributed by atoms with van der Waals surface area (Å²) in [5.41, 5.74) is 3.35. The Balaban J connectivity index is 1.61. The quantitative estimate of drug-likeness (QED) is 0.608. The van der Waals surface area contributed by atoms with Crippen LogP contribution in [0.15, 0.2) is 83.8 Å². The molecule has 30 heavy (non-hydrogen) atoms. The van der Waals surface area contributed by atoms with Crippen molar-refractivity contribution in [3.63, 3.8) is 0 Å². The van der Waals surface area contributed by atoms with Crippen LogP contribution in [0.2, 0.25) is 0 Å². The van der Waals surface area contributed by atoms with Crippen molar-refractivity contribution in [2.24, 2.45) is 0 Å². The normalized spacial score (nSPS) is 14.8. The molecule has 1 atom stereocenters. The molecule has 1 saturated carbocycles. The van der Waals surface area contributed by atoms with Crippen LogP contribution in [0.5, 0.6) is 0 Å². The number of carbonyl (C=O) groups excluding carboxylic acids is 1. The summed E-state index contributed by atoms with van der Waals surface area (Å²) < 4.78 is 27.7. The van der Waals surface area contributed by atoms with Gasteiger partial charge >= 0.3 is 0 Å². The Kier molecular flexibility index (Phi) is 5.70. The Bertz CT molecular complexity index is 1140. The van der Waals surface area contributed by atoms with Crippen molar-refractivity contribution in [1.29, 1.82) is 0 Å². The van der Waals surface area contributed by atoms with Crippen LogP contribution in [0.1, 0.15) is 45.9 Å². The Hall–Kier alpha value is -2.96. The second-order valence-electron chi connectivity index (χ2n) is 7.65. The number of benzene rings is 3. The summed E-state index contributed by atoms with van der Waals surface area (Å²) in [6, 6.07) is 23.5. The topological polar surface area (TPSA) is 75.3 Å². The highest BCUT2D eigenvalue weighted by atomic mass is 32.2. The summed E-state index contributed by atoms with van der Waals surface area (Å²) in [5, 5.41) is 3.06. The maximum Gasteiger partial charge on any atom is 0.252 e. The van der Waals surface area contributed by atoms with Gasteiger partial charge in [-0.2, -0.15) is 0 Å². The van der Waals surface area contributed by atoms with E-state index in [4.69, 9.17) is 0 Å². The first-order valence-electron chi connectivity index (χ1n) is 9.97. The molecule has 1 aliphatic rings. The molecule has 3 aromatic rings. The molecule has 0 spiro atoms. The highest BCUT2D eigenvalue weighted by Crippen LogP contribution is 2.24. The maximum atomic E-state index is 13.1. The van der Waals surface area contributed by atoms with E-state index in [-0.39, 0.29) is 22.9 Å². The van der Waals surface area contributed by atoms with Crippen LogP contribution in [-0.2, 0) is 10.0 Å². The summed E-state index contributed by atoms with van der Waals surface area (Å²) in [6.45, 7) is 2.02. The predicted molar refractivity (Wildman–Crippen MR) is 117 cm³/mol. The van der Waals surface area contributed by atoms with Crippen LogP contribution in [0, 0.1) is 6.92 Å². The minimum absolute atomic E-state index is 0.0106. The molecule has 3 aromatic carbocycles. The minimum Gasteiger partial charge on any atom is -0.341 e. The van der Waals surface area contributed by atoms with Gasteiger partial charge in [0.05, 0.1) is 10.9 Å². The van der Waals surface area contributed by atoms with Crippen molar-refractivity contribution in [2.75, 3.05) is 0 Å². The molecule has 0 bridgehead atoms. The van der Waals surface area contributed by atoms with Crippen molar-refractivity contribution in [1.82, 2.24) is 10.0 Å². The highest BCUT2D eigenvalue weighted by Gasteiger charge is 2.28. The average Bonchev–Trinajstić information content (AvgIpc) is 3.57. The molecule has 0 saturated heterocycles. The first kappa shape index (κ1) is 20.3. The van der Waals surface area contributed by atoms with Gasteiger partial charge in [0, 0.05) is 11.6 Å². The summed E-state index contributed by atoms with van der Waals surface area (Å²) in [6.07, 6.45) is 1.71. The monoisotopic (exact) mass is 420 g/mol. The molecule has 1 amide bonds. The molecular formula is C24H24N2O3S. The summed E-state index contributed by atoms with van der Waals surface area (Å²) in [7, 11) is -3.62. The predicted octanol–water partition coefficient (Wildman–Crippen LogP) is 3.96. The van der Waals surface area contributed by atoms with Gasteiger partial charge in [-0.15, -0.1) is 0 Å². The minimum atomic E-state index is -3.62. The van der Waals surface area contributed by atoms with E-state index in [1.807, 2.05) is 61.5 Å². The Morgan fingerprint density at radius 1 is 0.900 bits per heavy atom. The molecule has 0 radical (unpaired) electrons. The molecule has 4 rings (SSSR count). The average molecular weight is 421 g/mol. The summed E-state index contributed by atoms with van der Waals surface area (Å²) in [5.74, 6) is -0.326. The second-order valence-corrected chi connectivity index (χ2v) is 9.37. The molecule has 1 fully saturated rings. The number of carbonyl (C=O) groups is 1. The van der Waals surface area contributed by atoms with Gasteiger partial charge in [0.25, 0.3) is 5.91 Å². The molecule has 154 valence electrons. The van der Waals surface area contributed by atoms with E-state index in [0.717, 1.165) is 29.5 Å². The van der Waals surface area contributed by atoms with Gasteiger partial charge in [0.2, 0.25) is 10.0 Å². The maximum absolute atomic E-state index is 13.1. The third kappa shape index (κ3) is 4.78. The molecular weight excluding hydrogens is 396 g/mol. The number of hydrogen-bond donors (Lipinski definition) is 2. The van der Waals surface area contributed by atoms with Crippen LogP contribution in [-0.4, -0.2) is 20.4 Å². The standard InChI is InChI=1S/C24H24N2O3S/c1-17-10-12-19(13-11-17)23(18-6-3-2-4-7-18)25-24(27)20-8-5-9-22(16-20)30(28,29)26-21-14-15-21/h2-13,16,21,23,26H,14-15H2,1H3,(H,25,27). The van der Waals surface area contributed by atoms with Crippen LogP contribution >= 0.6 is 0 Å². The van der Waals surface area contributed by atoms with Crippen molar-refractivity contribution < 1.29 is 13.2 Å². The molecule has 5 nitrogen and oxygen atoms in total. The van der Waals surface area contributed by atoms with Gasteiger partial charge in [-0.05, 0) is 49.1 Å². The van der Waals surface area contributed by atoms with Gasteiger partial charge < -0.3 is 5.32 Å². The number of amides is 1. The third-order valence-electron chi connectivity index (χ3n) is 5.12. The van der Waals surface area contributed by atoms with Gasteiger partial charge in [-0.3, -0.25) is 4.79 Å². The lowest BCUT2D eigenvalue weighted by Gasteiger charge is -2.20. The van der Waals surface area contributed by atoms with Gasteiger partial charge in [-0.1, -0.05) is 66.2 Å². The largest absolute Gasteiger partial charge is 0.341 e. The Labute approximate surface area is 177 Å². The molecule has 0 aliphatic heterocycles. The van der Waals surface area contributed by atoms with Crippen molar-refractivity contribution in [2.45, 2.75) is 36.7 Å². The van der Waals surface area contributed by atoms with E-state index in [2.05, 4.69) is 10.0 Å². The summed E-state index contributed by atoms with van der Waals surface area (Å²) >= 11 is 0. The number of hydrogen-bond acceptors (Lipinski definition) is 3. The Morgan fingerprint density at radius 3 is 2.23 bits per heavy atom. The SMILES string of the molecule is Cc1ccc(C(NC(=O)c2cccc(S(=O)(=O)NC3CC3)c2)c2ccccc2)cc1. The zero-order chi connectivity index (χ0) is 21.1. The van der Waals surface area contributed by atoms with Gasteiger partial charge in [0.1, 0.15) is 0 Å². The number of sulfonamides is 1. The number of nitrogens with one attached hydrogen (secondary N) is 2. The Morgan fingerprint density at radius 2 is 1.57 bits per heavy atom. The molecule has 6 heteroatoms. The fourth-order valence-corrected chi connectivity index (χ4v) is 4.62. The molecule has 0 heterocycles. The lowest BCUT2D eigenvalue weighted by atomic mass is 9.97. The first-order chi connectivity index (χ1) is 14.4. The number of rotatable bonds is 7. The highest BCUT2D eigenvalue weighted by molar-refractivity contribution is 7.89. The van der Waals surface area contributed by atoms with E-state index < -0.39 is 10.0 Å². The van der Waals surface area contributed by atoms with Crippen LogP contribution in [0.25, 0.3) is 0 Å².